The number of halogens is 2. The van der Waals surface area contributed by atoms with Crippen LogP contribution in [0, 0.1) is 0 Å². The van der Waals surface area contributed by atoms with Crippen molar-refractivity contribution in [1.82, 2.24) is 0 Å². The Bertz CT molecular complexity index is 2350. The van der Waals surface area contributed by atoms with Gasteiger partial charge in [-0.3, -0.25) is 0 Å². The van der Waals surface area contributed by atoms with Crippen molar-refractivity contribution >= 4 is 87.9 Å². The zero-order chi connectivity index (χ0) is 47.2. The van der Waals surface area contributed by atoms with Crippen molar-refractivity contribution in [2.24, 2.45) is 0 Å². The molecule has 358 valence electrons. The van der Waals surface area contributed by atoms with E-state index in [0.717, 1.165) is 30.1 Å². The van der Waals surface area contributed by atoms with E-state index in [9.17, 15) is 0 Å². The third-order valence-electron chi connectivity index (χ3n) is 10.6. The van der Waals surface area contributed by atoms with Crippen molar-refractivity contribution in [3.05, 3.63) is 255 Å². The molecule has 0 aliphatic rings. The van der Waals surface area contributed by atoms with Gasteiger partial charge in [-0.1, -0.05) is 88.3 Å². The fraction of sp³-hybridized carbons (Fsp3) is 0.127. The summed E-state index contributed by atoms with van der Waals surface area (Å²) in [4.78, 5) is 0. The number of fused-ring (bicyclic) bond motifs is 6. The molecular weight excluding hydrogens is 1330 g/mol. The van der Waals surface area contributed by atoms with Crippen molar-refractivity contribution in [3.8, 4) is 0 Å². The van der Waals surface area contributed by atoms with Gasteiger partial charge in [0.05, 0.1) is 0 Å². The Hall–Kier alpha value is -3.51. The molecule has 0 saturated carbocycles. The summed E-state index contributed by atoms with van der Waals surface area (Å²) in [7, 11) is 1.46. The van der Waals surface area contributed by atoms with Gasteiger partial charge in [0.2, 0.25) is 0 Å². The SMILES string of the molecule is C[SiH]C(C)C.C[SiH]C(C)C.[CH2]=[Zr+2].[Cl-].[Cl-].[Hf].[Hf].c1ccc2[cH-]ccc2c1.c1ccc2[cH-]ccc2c1.c1ccc2[cH-]ccc2c1.c1ccc2[cH-]ccc2c1.c1ccc2[cH-]ccc2c1.c1ccc2[cH-]ccc2c1. The van der Waals surface area contributed by atoms with Gasteiger partial charge in [-0.2, -0.15) is 105 Å². The van der Waals surface area contributed by atoms with Gasteiger partial charge in [-0.15, -0.1) is 178 Å². The van der Waals surface area contributed by atoms with E-state index < -0.39 is 0 Å². The quantitative estimate of drug-likeness (QED) is 0.120. The van der Waals surface area contributed by atoms with Gasteiger partial charge in [-0.05, 0) is 0 Å². The van der Waals surface area contributed by atoms with E-state index in [1.807, 2.05) is 0 Å². The number of hydrogen-bond acceptors (Lipinski definition) is 0. The summed E-state index contributed by atoms with van der Waals surface area (Å²) in [6.07, 6.45) is 0. The summed E-state index contributed by atoms with van der Waals surface area (Å²) in [5.41, 5.74) is 1.94. The first-order valence-corrected chi connectivity index (χ1v) is 28.3. The summed E-state index contributed by atoms with van der Waals surface area (Å²) in [6, 6.07) is 88.0. The topological polar surface area (TPSA) is 0 Å². The Kier molecular flexibility index (Phi) is 38.0. The number of hydrogen-bond donors (Lipinski definition) is 0. The summed E-state index contributed by atoms with van der Waals surface area (Å²) in [5.74, 6) is 0. The van der Waals surface area contributed by atoms with Crippen molar-refractivity contribution in [3.63, 3.8) is 0 Å². The molecule has 0 aliphatic heterocycles. The number of rotatable bonds is 2. The standard InChI is InChI=1S/6C9H7.2C4H11Si.CH2.2ClH.2Hf.Zr/c6*1-2-5-9-7-3-6-8(9)4-1;2*1-4(2)5-3;;;;;;/h6*1-7H;2*4-5H,1-3H3;1H2;2*1H;;;/q6*-1;;;;;;;;+2/p-2. The first-order valence-electron chi connectivity index (χ1n) is 22.9. The van der Waals surface area contributed by atoms with E-state index in [-0.39, 0.29) is 76.5 Å². The molecule has 0 spiro atoms. The Morgan fingerprint density at radius 2 is 0.429 bits per heavy atom. The Morgan fingerprint density at radius 1 is 0.300 bits per heavy atom. The average molecular weight is 1400 g/mol. The summed E-state index contributed by atoms with van der Waals surface area (Å²) < 4.78 is 3.34. The van der Waals surface area contributed by atoms with Crippen molar-refractivity contribution in [1.29, 1.82) is 0 Å². The Morgan fingerprint density at radius 3 is 0.543 bits per heavy atom. The van der Waals surface area contributed by atoms with Crippen LogP contribution in [0.15, 0.2) is 255 Å². The molecule has 0 N–H and O–H groups in total. The van der Waals surface area contributed by atoms with Crippen LogP contribution in [-0.2, 0) is 75.9 Å². The maximum absolute atomic E-state index is 3.34. The normalized spacial score (nSPS) is 9.34. The van der Waals surface area contributed by atoms with Gasteiger partial charge < -0.3 is 24.8 Å². The van der Waals surface area contributed by atoms with E-state index in [1.165, 1.54) is 88.9 Å². The summed E-state index contributed by atoms with van der Waals surface area (Å²) in [6.45, 7) is 13.6. The summed E-state index contributed by atoms with van der Waals surface area (Å²) in [5, 5.41) is 16.0. The van der Waals surface area contributed by atoms with E-state index in [1.54, 1.807) is 0 Å². The Labute approximate surface area is 489 Å². The van der Waals surface area contributed by atoms with Gasteiger partial charge in [0.25, 0.3) is 0 Å². The summed E-state index contributed by atoms with van der Waals surface area (Å²) >= 11 is 1.30. The van der Waals surface area contributed by atoms with Crippen molar-refractivity contribution in [2.75, 3.05) is 0 Å². The van der Waals surface area contributed by atoms with Crippen LogP contribution >= 0.6 is 0 Å². The molecular formula is C63H66Cl2Hf2Si2Zr-6. The largest absolute Gasteiger partial charge is 1.00 e. The van der Waals surface area contributed by atoms with E-state index >= 15 is 0 Å². The maximum atomic E-state index is 3.34. The molecule has 0 bridgehead atoms. The van der Waals surface area contributed by atoms with E-state index in [2.05, 4.69) is 300 Å². The predicted molar refractivity (Wildman–Crippen MR) is 301 cm³/mol. The van der Waals surface area contributed by atoms with Crippen LogP contribution in [0.4, 0.5) is 0 Å². The molecule has 70 heavy (non-hydrogen) atoms. The van der Waals surface area contributed by atoms with E-state index in [4.69, 9.17) is 0 Å². The smallest absolute Gasteiger partial charge is 0 e. The zero-order valence-corrected chi connectivity index (χ0v) is 55.0. The molecule has 12 aromatic carbocycles. The predicted octanol–water partition coefficient (Wildman–Crippen LogP) is 11.9. The fourth-order valence-corrected chi connectivity index (χ4v) is 6.42. The van der Waals surface area contributed by atoms with Crippen LogP contribution in [0.25, 0.3) is 64.6 Å². The molecule has 2 radical (unpaired) electrons. The third kappa shape index (κ3) is 24.7. The molecule has 0 fully saturated rings. The molecule has 12 aromatic rings. The first kappa shape index (κ1) is 66.5. The van der Waals surface area contributed by atoms with Gasteiger partial charge >= 0.3 is 28.4 Å². The minimum atomic E-state index is 0. The minimum absolute atomic E-state index is 0. The van der Waals surface area contributed by atoms with Crippen molar-refractivity contribution < 1.29 is 101 Å². The van der Waals surface area contributed by atoms with Crippen LogP contribution in [0.2, 0.25) is 24.2 Å². The van der Waals surface area contributed by atoms with Crippen LogP contribution < -0.4 is 24.8 Å². The van der Waals surface area contributed by atoms with Gasteiger partial charge in [0.1, 0.15) is 0 Å². The molecule has 0 atom stereocenters. The molecule has 7 heteroatoms. The molecule has 0 aliphatic carbocycles. The second-order valence-electron chi connectivity index (χ2n) is 16.1. The van der Waals surface area contributed by atoms with Crippen LogP contribution in [-0.4, -0.2) is 23.3 Å². The molecule has 0 aromatic heterocycles. The monoisotopic (exact) mass is 1400 g/mol. The second kappa shape index (κ2) is 40.0. The van der Waals surface area contributed by atoms with Crippen LogP contribution in [0.1, 0.15) is 27.7 Å². The third-order valence-corrected chi connectivity index (χ3v) is 13.3. The molecule has 0 saturated heterocycles. The van der Waals surface area contributed by atoms with Crippen LogP contribution in [0.3, 0.4) is 0 Å². The van der Waals surface area contributed by atoms with Gasteiger partial charge in [-0.25, -0.2) is 0 Å². The van der Waals surface area contributed by atoms with E-state index in [0.29, 0.717) is 0 Å². The minimum Gasteiger partial charge on any atom is -1.00 e. The average Bonchev–Trinajstić information content (AvgIpc) is 4.24. The number of benzene rings is 6. The second-order valence-corrected chi connectivity index (χ2v) is 20.1. The zero-order valence-electron chi connectivity index (χ0n) is 41.5. The van der Waals surface area contributed by atoms with Gasteiger partial charge in [0.15, 0.2) is 0 Å². The van der Waals surface area contributed by atoms with Gasteiger partial charge in [0, 0.05) is 70.7 Å². The molecule has 0 unspecified atom stereocenters. The molecule has 0 nitrogen and oxygen atoms in total. The Balaban J connectivity index is 0.000000774. The maximum Gasteiger partial charge on any atom is 0 e. The van der Waals surface area contributed by atoms with Crippen LogP contribution in [0.5, 0.6) is 0 Å². The molecule has 12 rings (SSSR count). The molecule has 0 heterocycles. The fourth-order valence-electron chi connectivity index (χ4n) is 6.42. The molecule has 0 amide bonds. The first-order chi connectivity index (χ1) is 32.3. The van der Waals surface area contributed by atoms with Crippen molar-refractivity contribution in [2.45, 2.75) is 51.9 Å².